The summed E-state index contributed by atoms with van der Waals surface area (Å²) in [6.07, 6.45) is -10.5. The molecule has 1 saturated heterocycles. The lowest BCUT2D eigenvalue weighted by Gasteiger charge is -2.34. The third-order valence-corrected chi connectivity index (χ3v) is 3.98. The van der Waals surface area contributed by atoms with Crippen LogP contribution in [0.25, 0.3) is 0 Å². The maximum Gasteiger partial charge on any atom is 0.166 e. The Morgan fingerprint density at radius 3 is 2.67 bits per heavy atom. The highest BCUT2D eigenvalue weighted by Crippen LogP contribution is 2.39. The van der Waals surface area contributed by atoms with Crippen molar-refractivity contribution in [2.24, 2.45) is 5.89 Å². The van der Waals surface area contributed by atoms with Gasteiger partial charge < -0.3 is 19.5 Å². The molecule has 1 fully saturated rings. The largest absolute Gasteiger partial charge is 0.493 e. The number of halogens is 1. The van der Waals surface area contributed by atoms with E-state index in [2.05, 4.69) is 0 Å². The van der Waals surface area contributed by atoms with Crippen molar-refractivity contribution in [2.45, 2.75) is 25.3 Å². The van der Waals surface area contributed by atoms with Crippen molar-refractivity contribution in [2.75, 3.05) is 33.6 Å². The Hall–Kier alpha value is -2.11. The van der Waals surface area contributed by atoms with Crippen molar-refractivity contribution in [3.63, 3.8) is 0 Å². The number of aliphatic hydroxyl groups excluding tert-OH is 1. The van der Waals surface area contributed by atoms with E-state index in [1.807, 2.05) is 0 Å². The van der Waals surface area contributed by atoms with E-state index in [4.69, 9.17) is 30.0 Å². The molecule has 5 heteroatoms. The first-order chi connectivity index (χ1) is 18.8. The number of piperidine rings is 1. The standard InChI is InChI=1S/C22H28FNO3/c1-26-20-5-3-4-19(22(20)27-2)21(25)17-11-14-24(15-12-17)13-10-16-6-8-18(23)9-7-16/h3-9,17,21,25H,10-15H2,1-2H3/i1D3,2D3,11D2,12D2,14D2,15D2,17D. The van der Waals surface area contributed by atoms with Gasteiger partial charge >= 0.3 is 0 Å². The molecule has 1 unspecified atom stereocenters. The quantitative estimate of drug-likeness (QED) is 0.783. The zero-order valence-electron chi connectivity index (χ0n) is 29.1. The summed E-state index contributed by atoms with van der Waals surface area (Å²) >= 11 is 0. The molecule has 0 aromatic heterocycles. The lowest BCUT2D eigenvalue weighted by molar-refractivity contribution is 0.0573. The molecule has 0 aliphatic carbocycles. The van der Waals surface area contributed by atoms with Gasteiger partial charge in [-0.05, 0) is 61.8 Å². The number of para-hydroxylation sites is 1. The van der Waals surface area contributed by atoms with Gasteiger partial charge in [0.1, 0.15) is 5.82 Å². The zero-order chi connectivity index (χ0) is 32.3. The summed E-state index contributed by atoms with van der Waals surface area (Å²) in [6.45, 7) is -7.60. The van der Waals surface area contributed by atoms with Crippen molar-refractivity contribution in [3.05, 3.63) is 59.4 Å². The minimum absolute atomic E-state index is 0.176. The molecule has 2 aromatic carbocycles. The topological polar surface area (TPSA) is 41.9 Å². The number of methoxy groups -OCH3 is 2. The van der Waals surface area contributed by atoms with E-state index >= 15 is 0 Å². The van der Waals surface area contributed by atoms with Crippen LogP contribution in [0.2, 0.25) is 0 Å². The second-order valence-electron chi connectivity index (χ2n) is 5.70. The summed E-state index contributed by atoms with van der Waals surface area (Å²) in [5.74, 6) is -6.14. The van der Waals surface area contributed by atoms with E-state index in [1.165, 1.54) is 12.1 Å². The number of rotatable bonds is 7. The number of likely N-dealkylation sites (tertiary alicyclic amines) is 1. The van der Waals surface area contributed by atoms with Crippen LogP contribution in [0.4, 0.5) is 4.39 Å². The fourth-order valence-corrected chi connectivity index (χ4v) is 2.55. The van der Waals surface area contributed by atoms with Gasteiger partial charge in [-0.3, -0.25) is 0 Å². The third kappa shape index (κ3) is 4.79. The number of nitrogens with zero attached hydrogens (tertiary/aromatic N) is 1. The average molecular weight is 389 g/mol. The first kappa shape index (κ1) is 8.10. The maximum atomic E-state index is 13.3. The Morgan fingerprint density at radius 2 is 1.96 bits per heavy atom. The monoisotopic (exact) mass is 388 g/mol. The maximum absolute atomic E-state index is 13.3. The third-order valence-electron chi connectivity index (χ3n) is 3.98. The molecular formula is C22H28FNO3. The SMILES string of the molecule is [2H]C([2H])([2H])Oc1cccc(C(O)C2([2H])C([2H])([2H])C([2H])([2H])N(CCc3ccc(F)cc3)C([2H])([2H])C2([2H])[2H])c1OC([2H])([2H])[2H]. The summed E-state index contributed by atoms with van der Waals surface area (Å²) in [6, 6.07) is 7.66. The smallest absolute Gasteiger partial charge is 0.166 e. The second-order valence-corrected chi connectivity index (χ2v) is 5.70. The normalized spacial score (nSPS) is 34.7. The molecule has 1 aliphatic heterocycles. The van der Waals surface area contributed by atoms with E-state index in [1.54, 1.807) is 0 Å². The molecule has 1 heterocycles. The number of ether oxygens (including phenoxy) is 2. The van der Waals surface area contributed by atoms with E-state index in [9.17, 15) is 9.50 Å². The fourth-order valence-electron chi connectivity index (χ4n) is 2.55. The van der Waals surface area contributed by atoms with Crippen LogP contribution in [-0.2, 0) is 6.42 Å². The van der Waals surface area contributed by atoms with Crippen LogP contribution in [0.1, 0.15) is 50.5 Å². The van der Waals surface area contributed by atoms with Crippen molar-refractivity contribution < 1.29 is 39.5 Å². The van der Waals surface area contributed by atoms with Crippen LogP contribution in [0.5, 0.6) is 11.5 Å². The highest BCUT2D eigenvalue weighted by atomic mass is 19.1. The molecule has 0 spiro atoms. The van der Waals surface area contributed by atoms with Gasteiger partial charge in [0.2, 0.25) is 0 Å². The lowest BCUT2D eigenvalue weighted by atomic mass is 9.87. The van der Waals surface area contributed by atoms with E-state index in [-0.39, 0.29) is 11.3 Å². The van der Waals surface area contributed by atoms with Gasteiger partial charge in [-0.1, -0.05) is 24.3 Å². The predicted molar refractivity (Wildman–Crippen MR) is 104 cm³/mol. The number of aliphatic hydroxyl groups is 1. The van der Waals surface area contributed by atoms with E-state index in [0.29, 0.717) is 5.56 Å². The van der Waals surface area contributed by atoms with Gasteiger partial charge in [0.15, 0.2) is 11.5 Å². The highest BCUT2D eigenvalue weighted by molar-refractivity contribution is 5.47. The molecule has 0 amide bonds. The zero-order valence-corrected chi connectivity index (χ0v) is 14.1. The molecule has 1 N–H and O–H groups in total. The van der Waals surface area contributed by atoms with Crippen LogP contribution in [0.3, 0.4) is 0 Å². The van der Waals surface area contributed by atoms with Gasteiger partial charge in [-0.15, -0.1) is 0 Å². The molecule has 2 aromatic rings. The number of hydrogen-bond donors (Lipinski definition) is 1. The summed E-state index contributed by atoms with van der Waals surface area (Å²) in [4.78, 5) is 0.247. The van der Waals surface area contributed by atoms with Gasteiger partial charge in [0, 0.05) is 24.4 Å². The van der Waals surface area contributed by atoms with Crippen molar-refractivity contribution in [1.82, 2.24) is 4.90 Å². The lowest BCUT2D eigenvalue weighted by Crippen LogP contribution is -2.36. The Labute approximate surface area is 181 Å². The second kappa shape index (κ2) is 9.20. The first-order valence-electron chi connectivity index (χ1n) is 15.5. The van der Waals surface area contributed by atoms with Crippen LogP contribution < -0.4 is 9.47 Å². The van der Waals surface area contributed by atoms with E-state index in [0.717, 1.165) is 30.3 Å². The van der Waals surface area contributed by atoms with Crippen molar-refractivity contribution >= 4 is 0 Å². The van der Waals surface area contributed by atoms with Crippen LogP contribution in [0.15, 0.2) is 42.5 Å². The van der Waals surface area contributed by atoms with Crippen molar-refractivity contribution in [1.29, 1.82) is 0 Å². The van der Waals surface area contributed by atoms with Crippen LogP contribution >= 0.6 is 0 Å². The Morgan fingerprint density at radius 1 is 1.22 bits per heavy atom. The first-order valence-corrected chi connectivity index (χ1v) is 8.02. The minimum atomic E-state index is -3.76. The Balaban J connectivity index is 2.19. The fraction of sp³-hybridized carbons (Fsp3) is 0.455. The Bertz CT molecular complexity index is 1250. The molecule has 0 saturated carbocycles. The molecule has 1 atom stereocenters. The minimum Gasteiger partial charge on any atom is -0.493 e. The van der Waals surface area contributed by atoms with Crippen LogP contribution in [0, 0.1) is 11.7 Å². The summed E-state index contributed by atoms with van der Waals surface area (Å²) < 4.78 is 145. The van der Waals surface area contributed by atoms with Gasteiger partial charge in [0.25, 0.3) is 0 Å². The predicted octanol–water partition coefficient (Wildman–Crippen LogP) is 3.83. The molecule has 0 radical (unpaired) electrons. The highest BCUT2D eigenvalue weighted by Gasteiger charge is 2.28. The number of hydrogen-bond acceptors (Lipinski definition) is 4. The Kier molecular flexibility index (Phi) is 2.76. The molecule has 0 bridgehead atoms. The van der Waals surface area contributed by atoms with Gasteiger partial charge in [-0.25, -0.2) is 4.39 Å². The summed E-state index contributed by atoms with van der Waals surface area (Å²) in [5, 5.41) is 11.4. The molecule has 4 nitrogen and oxygen atoms in total. The molecule has 27 heavy (non-hydrogen) atoms. The molecule has 146 valence electrons. The van der Waals surface area contributed by atoms with Gasteiger partial charge in [0.05, 0.1) is 28.4 Å². The average Bonchev–Trinajstić information content (AvgIpc) is 2.82. The number of benzene rings is 2. The van der Waals surface area contributed by atoms with Gasteiger partial charge in [-0.2, -0.15) is 0 Å². The molecular weight excluding hydrogens is 345 g/mol. The van der Waals surface area contributed by atoms with E-state index < -0.39 is 81.2 Å². The molecule has 3 rings (SSSR count). The molecule has 1 aliphatic rings. The summed E-state index contributed by atoms with van der Waals surface area (Å²) in [5.41, 5.74) is -0.466. The summed E-state index contributed by atoms with van der Waals surface area (Å²) in [7, 11) is -6.49. The van der Waals surface area contributed by atoms with Crippen molar-refractivity contribution in [3.8, 4) is 11.5 Å². The van der Waals surface area contributed by atoms with Crippen LogP contribution in [-0.4, -0.2) is 43.6 Å².